The van der Waals surface area contributed by atoms with Crippen molar-refractivity contribution in [3.63, 3.8) is 0 Å². The zero-order valence-electron chi connectivity index (χ0n) is 16.5. The molecule has 1 amide bonds. The number of hydrogen-bond donors (Lipinski definition) is 1. The second-order valence-corrected chi connectivity index (χ2v) is 6.50. The maximum absolute atomic E-state index is 13.3. The van der Waals surface area contributed by atoms with E-state index in [1.165, 1.54) is 47.0 Å². The van der Waals surface area contributed by atoms with Gasteiger partial charge in [-0.15, -0.1) is 0 Å². The standard InChI is InChI=1S/C22H20FN3O4/c1-3-30-22(29)16-6-10-18(11-7-16)25-19(27)13-26-20(28)12-14(2)24-21(26)15-4-8-17(23)9-5-15/h4-12H,3,13H2,1-2H3,(H,25,27). The van der Waals surface area contributed by atoms with E-state index in [1.54, 1.807) is 26.0 Å². The normalized spacial score (nSPS) is 10.5. The third-order valence-corrected chi connectivity index (χ3v) is 4.22. The Balaban J connectivity index is 1.81. The Kier molecular flexibility index (Phi) is 6.36. The average Bonchev–Trinajstić information content (AvgIpc) is 2.71. The third-order valence-electron chi connectivity index (χ3n) is 4.22. The summed E-state index contributed by atoms with van der Waals surface area (Å²) in [6.07, 6.45) is 0. The Morgan fingerprint density at radius 2 is 1.77 bits per heavy atom. The van der Waals surface area contributed by atoms with Crippen LogP contribution in [0.25, 0.3) is 11.4 Å². The zero-order chi connectivity index (χ0) is 21.7. The lowest BCUT2D eigenvalue weighted by molar-refractivity contribution is -0.116. The zero-order valence-corrected chi connectivity index (χ0v) is 16.5. The number of anilines is 1. The van der Waals surface area contributed by atoms with Gasteiger partial charge in [-0.25, -0.2) is 14.2 Å². The summed E-state index contributed by atoms with van der Waals surface area (Å²) < 4.78 is 19.4. The second kappa shape index (κ2) is 9.13. The van der Waals surface area contributed by atoms with Crippen molar-refractivity contribution in [3.05, 3.63) is 82.0 Å². The van der Waals surface area contributed by atoms with Gasteiger partial charge in [0.05, 0.1) is 12.2 Å². The number of benzene rings is 2. The number of nitrogens with one attached hydrogen (secondary N) is 1. The van der Waals surface area contributed by atoms with Gasteiger partial charge in [0.15, 0.2) is 0 Å². The van der Waals surface area contributed by atoms with Gasteiger partial charge in [-0.3, -0.25) is 14.2 Å². The van der Waals surface area contributed by atoms with Crippen LogP contribution in [0.15, 0.2) is 59.4 Å². The molecule has 154 valence electrons. The van der Waals surface area contributed by atoms with E-state index in [9.17, 15) is 18.8 Å². The monoisotopic (exact) mass is 409 g/mol. The van der Waals surface area contributed by atoms with Crippen LogP contribution in [0, 0.1) is 12.7 Å². The molecule has 1 N–H and O–H groups in total. The first-order chi connectivity index (χ1) is 14.4. The van der Waals surface area contributed by atoms with Crippen molar-refractivity contribution in [2.24, 2.45) is 0 Å². The smallest absolute Gasteiger partial charge is 0.338 e. The fraction of sp³-hybridized carbons (Fsp3) is 0.182. The Bertz CT molecular complexity index is 1120. The fourth-order valence-corrected chi connectivity index (χ4v) is 2.84. The molecule has 30 heavy (non-hydrogen) atoms. The van der Waals surface area contributed by atoms with E-state index in [0.29, 0.717) is 22.5 Å². The van der Waals surface area contributed by atoms with E-state index in [-0.39, 0.29) is 19.0 Å². The lowest BCUT2D eigenvalue weighted by Crippen LogP contribution is -2.29. The molecule has 0 saturated heterocycles. The predicted octanol–water partition coefficient (Wildman–Crippen LogP) is 3.17. The molecule has 0 atom stereocenters. The molecule has 0 saturated carbocycles. The summed E-state index contributed by atoms with van der Waals surface area (Å²) in [6.45, 7) is 3.38. The lowest BCUT2D eigenvalue weighted by Gasteiger charge is -2.13. The molecule has 1 aromatic heterocycles. The van der Waals surface area contributed by atoms with E-state index in [4.69, 9.17) is 4.74 Å². The Hall–Kier alpha value is -3.81. The number of carbonyl (C=O) groups is 2. The Morgan fingerprint density at radius 3 is 2.40 bits per heavy atom. The van der Waals surface area contributed by atoms with Crippen molar-refractivity contribution < 1.29 is 18.7 Å². The molecule has 1 heterocycles. The summed E-state index contributed by atoms with van der Waals surface area (Å²) in [4.78, 5) is 41.1. The summed E-state index contributed by atoms with van der Waals surface area (Å²) in [5.41, 5.74) is 1.45. The van der Waals surface area contributed by atoms with Crippen molar-refractivity contribution in [2.75, 3.05) is 11.9 Å². The number of amides is 1. The highest BCUT2D eigenvalue weighted by atomic mass is 19.1. The van der Waals surface area contributed by atoms with Gasteiger partial charge in [-0.05, 0) is 62.4 Å². The van der Waals surface area contributed by atoms with Crippen LogP contribution in [-0.2, 0) is 16.1 Å². The molecule has 0 aliphatic carbocycles. The topological polar surface area (TPSA) is 90.3 Å². The number of esters is 1. The van der Waals surface area contributed by atoms with Crippen LogP contribution in [-0.4, -0.2) is 28.0 Å². The highest BCUT2D eigenvalue weighted by molar-refractivity contribution is 5.93. The number of ether oxygens (including phenoxy) is 1. The number of nitrogens with zero attached hydrogens (tertiary/aromatic N) is 2. The molecule has 7 nitrogen and oxygen atoms in total. The molecular formula is C22H20FN3O4. The Morgan fingerprint density at radius 1 is 1.10 bits per heavy atom. The van der Waals surface area contributed by atoms with Gasteiger partial charge in [0, 0.05) is 23.0 Å². The molecule has 0 aliphatic heterocycles. The predicted molar refractivity (Wildman–Crippen MR) is 110 cm³/mol. The second-order valence-electron chi connectivity index (χ2n) is 6.50. The minimum atomic E-state index is -0.449. The minimum absolute atomic E-state index is 0.271. The number of aryl methyl sites for hydroxylation is 1. The van der Waals surface area contributed by atoms with Crippen molar-refractivity contribution in [2.45, 2.75) is 20.4 Å². The van der Waals surface area contributed by atoms with Gasteiger partial charge in [-0.2, -0.15) is 0 Å². The number of rotatable bonds is 6. The van der Waals surface area contributed by atoms with Crippen molar-refractivity contribution in [1.82, 2.24) is 9.55 Å². The average molecular weight is 409 g/mol. The molecule has 0 unspecified atom stereocenters. The van der Waals surface area contributed by atoms with E-state index in [0.717, 1.165) is 0 Å². The molecular weight excluding hydrogens is 389 g/mol. The summed E-state index contributed by atoms with van der Waals surface area (Å²) in [5, 5.41) is 2.68. The summed E-state index contributed by atoms with van der Waals surface area (Å²) in [5.74, 6) is -1.04. The van der Waals surface area contributed by atoms with E-state index in [2.05, 4.69) is 10.3 Å². The van der Waals surface area contributed by atoms with Crippen LogP contribution >= 0.6 is 0 Å². The maximum atomic E-state index is 13.3. The minimum Gasteiger partial charge on any atom is -0.462 e. The largest absolute Gasteiger partial charge is 0.462 e. The molecule has 0 fully saturated rings. The first-order valence-corrected chi connectivity index (χ1v) is 9.29. The molecule has 0 aliphatic rings. The summed E-state index contributed by atoms with van der Waals surface area (Å²) in [7, 11) is 0. The molecule has 3 aromatic rings. The highest BCUT2D eigenvalue weighted by Crippen LogP contribution is 2.17. The third kappa shape index (κ3) is 4.96. The van der Waals surface area contributed by atoms with E-state index in [1.807, 2.05) is 0 Å². The van der Waals surface area contributed by atoms with Crippen LogP contribution in [0.5, 0.6) is 0 Å². The van der Waals surface area contributed by atoms with Gasteiger partial charge >= 0.3 is 5.97 Å². The number of aromatic nitrogens is 2. The van der Waals surface area contributed by atoms with Gasteiger partial charge < -0.3 is 10.1 Å². The highest BCUT2D eigenvalue weighted by Gasteiger charge is 2.14. The first-order valence-electron chi connectivity index (χ1n) is 9.29. The van der Waals surface area contributed by atoms with Gasteiger partial charge in [-0.1, -0.05) is 0 Å². The van der Waals surface area contributed by atoms with Gasteiger partial charge in [0.1, 0.15) is 18.2 Å². The van der Waals surface area contributed by atoms with Crippen LogP contribution in [0.3, 0.4) is 0 Å². The maximum Gasteiger partial charge on any atom is 0.338 e. The van der Waals surface area contributed by atoms with E-state index < -0.39 is 23.3 Å². The number of halogens is 1. The number of hydrogen-bond acceptors (Lipinski definition) is 5. The Labute approximate surface area is 172 Å². The fourth-order valence-electron chi connectivity index (χ4n) is 2.84. The quantitative estimate of drug-likeness (QED) is 0.632. The SMILES string of the molecule is CCOC(=O)c1ccc(NC(=O)Cn2c(-c3ccc(F)cc3)nc(C)cc2=O)cc1. The van der Waals surface area contributed by atoms with Crippen LogP contribution in [0.1, 0.15) is 23.0 Å². The number of carbonyl (C=O) groups excluding carboxylic acids is 2. The van der Waals surface area contributed by atoms with Crippen LogP contribution in [0.4, 0.5) is 10.1 Å². The van der Waals surface area contributed by atoms with Crippen molar-refractivity contribution >= 4 is 17.6 Å². The molecule has 0 radical (unpaired) electrons. The van der Waals surface area contributed by atoms with Crippen molar-refractivity contribution in [3.8, 4) is 11.4 Å². The van der Waals surface area contributed by atoms with Crippen LogP contribution < -0.4 is 10.9 Å². The lowest BCUT2D eigenvalue weighted by atomic mass is 10.2. The van der Waals surface area contributed by atoms with Crippen LogP contribution in [0.2, 0.25) is 0 Å². The summed E-state index contributed by atoms with van der Waals surface area (Å²) in [6, 6.07) is 13.1. The molecule has 0 bridgehead atoms. The molecule has 0 spiro atoms. The molecule has 3 rings (SSSR count). The first kappa shape index (κ1) is 20.9. The van der Waals surface area contributed by atoms with Crippen molar-refractivity contribution in [1.29, 1.82) is 0 Å². The molecule has 2 aromatic carbocycles. The molecule has 8 heteroatoms. The van der Waals surface area contributed by atoms with E-state index >= 15 is 0 Å². The summed E-state index contributed by atoms with van der Waals surface area (Å²) >= 11 is 0. The van der Waals surface area contributed by atoms with Gasteiger partial charge in [0.25, 0.3) is 5.56 Å². The van der Waals surface area contributed by atoms with Gasteiger partial charge in [0.2, 0.25) is 5.91 Å².